The van der Waals surface area contributed by atoms with Crippen LogP contribution in [-0.4, -0.2) is 41.0 Å². The lowest BCUT2D eigenvalue weighted by molar-refractivity contribution is 0.0477. The number of carbonyl (C=O) groups excluding carboxylic acids is 1. The van der Waals surface area contributed by atoms with Gasteiger partial charge in [0.05, 0.1) is 5.54 Å². The molecule has 0 radical (unpaired) electrons. The topological polar surface area (TPSA) is 65.2 Å². The van der Waals surface area contributed by atoms with Crippen LogP contribution in [0.2, 0.25) is 0 Å². The molecule has 0 bridgehead atoms. The maximum atomic E-state index is 12.7. The lowest BCUT2D eigenvalue weighted by atomic mass is 9.98. The number of carbonyl (C=O) groups is 1. The second-order valence-electron chi connectivity index (χ2n) is 6.29. The van der Waals surface area contributed by atoms with Crippen molar-refractivity contribution in [3.05, 3.63) is 33.7 Å². The Morgan fingerprint density at radius 2 is 2.05 bits per heavy atom. The maximum Gasteiger partial charge on any atom is 0.254 e. The fourth-order valence-electron chi connectivity index (χ4n) is 2.51. The summed E-state index contributed by atoms with van der Waals surface area (Å²) in [6, 6.07) is 3.19. The van der Waals surface area contributed by atoms with E-state index in [1.165, 1.54) is 6.07 Å². The average molecular weight is 277 g/mol. The first-order chi connectivity index (χ1) is 9.31. The highest BCUT2D eigenvalue weighted by Crippen LogP contribution is 2.20. The Morgan fingerprint density at radius 1 is 1.35 bits per heavy atom. The molecule has 1 aliphatic rings. The number of aromatic amines is 1. The van der Waals surface area contributed by atoms with Crippen LogP contribution in [0.25, 0.3) is 0 Å². The van der Waals surface area contributed by atoms with E-state index in [2.05, 4.69) is 10.3 Å². The van der Waals surface area contributed by atoms with Crippen LogP contribution in [-0.2, 0) is 0 Å². The highest BCUT2D eigenvalue weighted by Gasteiger charge is 2.33. The quantitative estimate of drug-likeness (QED) is 0.857. The fourth-order valence-corrected chi connectivity index (χ4v) is 2.51. The molecule has 0 unspecified atom stereocenters. The number of pyridine rings is 1. The van der Waals surface area contributed by atoms with Gasteiger partial charge in [0.2, 0.25) is 5.56 Å². The van der Waals surface area contributed by atoms with Crippen LogP contribution in [0.15, 0.2) is 16.9 Å². The van der Waals surface area contributed by atoms with Gasteiger partial charge in [-0.1, -0.05) is 13.8 Å². The number of H-pyrrole nitrogens is 1. The third-order valence-corrected chi connectivity index (χ3v) is 3.78. The first kappa shape index (κ1) is 14.8. The molecule has 5 heteroatoms. The first-order valence-corrected chi connectivity index (χ1v) is 7.08. The van der Waals surface area contributed by atoms with Crippen molar-refractivity contribution < 1.29 is 4.79 Å². The standard InChI is InChI=1S/C15H23N3O2/c1-10(2)12-7-11(8-13(19)17-12)14(20)18-6-5-16-9-15(18,3)4/h7-8,10,16H,5-6,9H2,1-4H3,(H,17,19). The predicted molar refractivity (Wildman–Crippen MR) is 79.1 cm³/mol. The summed E-state index contributed by atoms with van der Waals surface area (Å²) in [4.78, 5) is 29.0. The summed E-state index contributed by atoms with van der Waals surface area (Å²) in [5.41, 5.74) is 0.823. The van der Waals surface area contributed by atoms with E-state index in [1.807, 2.05) is 32.6 Å². The second kappa shape index (κ2) is 5.40. The zero-order chi connectivity index (χ0) is 14.9. The summed E-state index contributed by atoms with van der Waals surface area (Å²) in [6.07, 6.45) is 0. The highest BCUT2D eigenvalue weighted by atomic mass is 16.2. The number of nitrogens with zero attached hydrogens (tertiary/aromatic N) is 1. The monoisotopic (exact) mass is 277 g/mol. The molecule has 110 valence electrons. The van der Waals surface area contributed by atoms with Gasteiger partial charge >= 0.3 is 0 Å². The van der Waals surface area contributed by atoms with E-state index in [-0.39, 0.29) is 22.9 Å². The van der Waals surface area contributed by atoms with E-state index in [1.54, 1.807) is 6.07 Å². The van der Waals surface area contributed by atoms with Gasteiger partial charge in [-0.2, -0.15) is 0 Å². The lowest BCUT2D eigenvalue weighted by Crippen LogP contribution is -2.59. The number of aromatic nitrogens is 1. The summed E-state index contributed by atoms with van der Waals surface area (Å²) < 4.78 is 0. The maximum absolute atomic E-state index is 12.7. The third-order valence-electron chi connectivity index (χ3n) is 3.78. The lowest BCUT2D eigenvalue weighted by Gasteiger charge is -2.42. The molecule has 1 aromatic rings. The first-order valence-electron chi connectivity index (χ1n) is 7.08. The minimum Gasteiger partial charge on any atom is -0.331 e. The Kier molecular flexibility index (Phi) is 3.99. The molecule has 5 nitrogen and oxygen atoms in total. The van der Waals surface area contributed by atoms with E-state index in [4.69, 9.17) is 0 Å². The zero-order valence-corrected chi connectivity index (χ0v) is 12.6. The van der Waals surface area contributed by atoms with Crippen LogP contribution >= 0.6 is 0 Å². The second-order valence-corrected chi connectivity index (χ2v) is 6.29. The van der Waals surface area contributed by atoms with Crippen molar-refractivity contribution in [2.75, 3.05) is 19.6 Å². The smallest absolute Gasteiger partial charge is 0.254 e. The molecular formula is C15H23N3O2. The Hall–Kier alpha value is -1.62. The van der Waals surface area contributed by atoms with Gasteiger partial charge in [-0.05, 0) is 25.8 Å². The van der Waals surface area contributed by atoms with Crippen LogP contribution < -0.4 is 10.9 Å². The van der Waals surface area contributed by atoms with E-state index >= 15 is 0 Å². The number of nitrogens with one attached hydrogen (secondary N) is 2. The van der Waals surface area contributed by atoms with Crippen molar-refractivity contribution in [1.82, 2.24) is 15.2 Å². The van der Waals surface area contributed by atoms with Crippen molar-refractivity contribution in [3.63, 3.8) is 0 Å². The number of rotatable bonds is 2. The summed E-state index contributed by atoms with van der Waals surface area (Å²) in [6.45, 7) is 10.3. The van der Waals surface area contributed by atoms with Gasteiger partial charge in [0.15, 0.2) is 0 Å². The van der Waals surface area contributed by atoms with Crippen molar-refractivity contribution in [2.45, 2.75) is 39.2 Å². The van der Waals surface area contributed by atoms with E-state index in [0.717, 1.165) is 18.8 Å². The molecule has 2 N–H and O–H groups in total. The number of piperazine rings is 1. The minimum atomic E-state index is -0.240. The predicted octanol–water partition coefficient (Wildman–Crippen LogP) is 1.32. The van der Waals surface area contributed by atoms with E-state index in [0.29, 0.717) is 12.1 Å². The van der Waals surface area contributed by atoms with Gasteiger partial charge in [-0.3, -0.25) is 9.59 Å². The number of hydrogen-bond donors (Lipinski definition) is 2. The Morgan fingerprint density at radius 3 is 2.65 bits per heavy atom. The largest absolute Gasteiger partial charge is 0.331 e. The molecule has 1 saturated heterocycles. The third kappa shape index (κ3) is 2.93. The molecule has 0 spiro atoms. The van der Waals surface area contributed by atoms with Gasteiger partial charge < -0.3 is 15.2 Å². The minimum absolute atomic E-state index is 0.0653. The van der Waals surface area contributed by atoms with Crippen molar-refractivity contribution in [2.24, 2.45) is 0 Å². The van der Waals surface area contributed by atoms with Crippen molar-refractivity contribution in [1.29, 1.82) is 0 Å². The fraction of sp³-hybridized carbons (Fsp3) is 0.600. The summed E-state index contributed by atoms with van der Waals surface area (Å²) in [7, 11) is 0. The number of amides is 1. The van der Waals surface area contributed by atoms with E-state index < -0.39 is 0 Å². The molecule has 0 saturated carbocycles. The summed E-state index contributed by atoms with van der Waals surface area (Å²) >= 11 is 0. The highest BCUT2D eigenvalue weighted by molar-refractivity contribution is 5.94. The van der Waals surface area contributed by atoms with Gasteiger partial charge in [-0.25, -0.2) is 0 Å². The molecule has 1 fully saturated rings. The Bertz CT molecular complexity index is 560. The molecular weight excluding hydrogens is 254 g/mol. The normalized spacial score (nSPS) is 18.4. The molecule has 1 aromatic heterocycles. The van der Waals surface area contributed by atoms with Crippen LogP contribution in [0.1, 0.15) is 49.7 Å². The SMILES string of the molecule is CC(C)c1cc(C(=O)N2CCNCC2(C)C)cc(=O)[nH]1. The van der Waals surface area contributed by atoms with Gasteiger partial charge in [0.1, 0.15) is 0 Å². The molecule has 0 aromatic carbocycles. The molecule has 2 rings (SSSR count). The van der Waals surface area contributed by atoms with Crippen LogP contribution in [0, 0.1) is 0 Å². The van der Waals surface area contributed by atoms with Crippen molar-refractivity contribution >= 4 is 5.91 Å². The average Bonchev–Trinajstić information content (AvgIpc) is 2.36. The van der Waals surface area contributed by atoms with Gasteiger partial charge in [0, 0.05) is 37.0 Å². The van der Waals surface area contributed by atoms with Gasteiger partial charge in [-0.15, -0.1) is 0 Å². The van der Waals surface area contributed by atoms with E-state index in [9.17, 15) is 9.59 Å². The Labute approximate surface area is 119 Å². The van der Waals surface area contributed by atoms with Gasteiger partial charge in [0.25, 0.3) is 5.91 Å². The molecule has 1 aliphatic heterocycles. The summed E-state index contributed by atoms with van der Waals surface area (Å²) in [5.74, 6) is 0.121. The molecule has 2 heterocycles. The molecule has 0 aliphatic carbocycles. The molecule has 20 heavy (non-hydrogen) atoms. The number of hydrogen-bond acceptors (Lipinski definition) is 3. The van der Waals surface area contributed by atoms with Crippen LogP contribution in [0.5, 0.6) is 0 Å². The molecule has 1 amide bonds. The Balaban J connectivity index is 2.35. The summed E-state index contributed by atoms with van der Waals surface area (Å²) in [5, 5.41) is 3.29. The van der Waals surface area contributed by atoms with Crippen molar-refractivity contribution in [3.8, 4) is 0 Å². The van der Waals surface area contributed by atoms with Crippen LogP contribution in [0.3, 0.4) is 0 Å². The molecule has 0 atom stereocenters. The van der Waals surface area contributed by atoms with Crippen LogP contribution in [0.4, 0.5) is 0 Å². The zero-order valence-electron chi connectivity index (χ0n) is 12.6.